The minimum absolute atomic E-state index is 0.0433. The fraction of sp³-hybridized carbons (Fsp3) is 0.333. The molecule has 2 N–H and O–H groups in total. The van der Waals surface area contributed by atoms with Crippen LogP contribution in [0.3, 0.4) is 0 Å². The molecule has 23 heavy (non-hydrogen) atoms. The van der Waals surface area contributed by atoms with E-state index in [4.69, 9.17) is 0 Å². The average molecular weight is 334 g/mol. The maximum Gasteiger partial charge on any atom is 0.269 e. The molecule has 1 aromatic carbocycles. The molecule has 1 amide bonds. The quantitative estimate of drug-likeness (QED) is 0.497. The molecule has 0 fully saturated rings. The summed E-state index contributed by atoms with van der Waals surface area (Å²) in [6.07, 6.45) is 1.64. The van der Waals surface area contributed by atoms with Crippen molar-refractivity contribution in [1.82, 2.24) is 15.3 Å². The summed E-state index contributed by atoms with van der Waals surface area (Å²) in [6.45, 7) is 5.78. The van der Waals surface area contributed by atoms with E-state index in [-0.39, 0.29) is 22.9 Å². The Balaban J connectivity index is 1.98. The molecule has 0 bridgehead atoms. The number of nitro groups is 1. The number of hydrogen-bond acceptors (Lipinski definition) is 5. The molecule has 122 valence electrons. The zero-order valence-electron chi connectivity index (χ0n) is 13.1. The van der Waals surface area contributed by atoms with Crippen molar-refractivity contribution in [3.63, 3.8) is 0 Å². The topological polar surface area (TPSA) is 101 Å². The van der Waals surface area contributed by atoms with Crippen LogP contribution in [0.25, 0.3) is 11.3 Å². The van der Waals surface area contributed by atoms with Crippen LogP contribution in [0.2, 0.25) is 0 Å². The monoisotopic (exact) mass is 334 g/mol. The van der Waals surface area contributed by atoms with Gasteiger partial charge in [-0.3, -0.25) is 14.9 Å². The Kier molecular flexibility index (Phi) is 5.05. The van der Waals surface area contributed by atoms with Crippen LogP contribution in [0, 0.1) is 10.1 Å². The number of amides is 1. The third-order valence-corrected chi connectivity index (χ3v) is 3.68. The van der Waals surface area contributed by atoms with E-state index in [0.29, 0.717) is 5.16 Å². The maximum atomic E-state index is 11.8. The van der Waals surface area contributed by atoms with Crippen LogP contribution in [0.1, 0.15) is 20.8 Å². The van der Waals surface area contributed by atoms with Gasteiger partial charge in [-0.05, 0) is 32.9 Å². The average Bonchev–Trinajstić information content (AvgIpc) is 2.92. The van der Waals surface area contributed by atoms with Gasteiger partial charge in [0.1, 0.15) is 0 Å². The van der Waals surface area contributed by atoms with E-state index in [0.717, 1.165) is 11.3 Å². The Morgan fingerprint density at radius 2 is 2.00 bits per heavy atom. The minimum Gasteiger partial charge on any atom is -0.351 e. The zero-order chi connectivity index (χ0) is 17.0. The molecule has 0 aliphatic heterocycles. The molecule has 0 unspecified atom stereocenters. The molecule has 0 spiro atoms. The second-order valence-corrected chi connectivity index (χ2v) is 6.96. The molecule has 0 saturated carbocycles. The van der Waals surface area contributed by atoms with Gasteiger partial charge in [0.25, 0.3) is 5.69 Å². The highest BCUT2D eigenvalue weighted by Crippen LogP contribution is 2.23. The Bertz CT molecular complexity index is 704. The molecule has 0 saturated heterocycles. The number of imidazole rings is 1. The number of H-pyrrole nitrogens is 1. The highest BCUT2D eigenvalue weighted by Gasteiger charge is 2.14. The number of carbonyl (C=O) groups is 1. The van der Waals surface area contributed by atoms with Crippen LogP contribution in [-0.4, -0.2) is 32.1 Å². The first-order valence-corrected chi connectivity index (χ1v) is 7.97. The fourth-order valence-electron chi connectivity index (χ4n) is 1.87. The standard InChI is InChI=1S/C15H18N4O3S/c1-15(2,3)18-13(20)9-23-14-16-8-12(17-14)10-4-6-11(7-5-10)19(21)22/h4-8H,9H2,1-3H3,(H,16,17)(H,18,20). The third-order valence-electron chi connectivity index (χ3n) is 2.80. The van der Waals surface area contributed by atoms with Gasteiger partial charge in [0.2, 0.25) is 5.91 Å². The Morgan fingerprint density at radius 3 is 2.57 bits per heavy atom. The van der Waals surface area contributed by atoms with Crippen molar-refractivity contribution >= 4 is 23.4 Å². The van der Waals surface area contributed by atoms with Gasteiger partial charge < -0.3 is 10.3 Å². The first kappa shape index (κ1) is 17.0. The Hall–Kier alpha value is -2.35. The smallest absolute Gasteiger partial charge is 0.269 e. The SMILES string of the molecule is CC(C)(C)NC(=O)CSc1ncc(-c2ccc([N+](=O)[O-])cc2)[nH]1. The number of carbonyl (C=O) groups excluding carboxylic acids is 1. The van der Waals surface area contributed by atoms with Crippen LogP contribution >= 0.6 is 11.8 Å². The van der Waals surface area contributed by atoms with E-state index in [1.54, 1.807) is 18.3 Å². The molecule has 1 heterocycles. The van der Waals surface area contributed by atoms with Gasteiger partial charge in [-0.25, -0.2) is 4.98 Å². The lowest BCUT2D eigenvalue weighted by atomic mass is 10.1. The number of nitrogens with zero attached hydrogens (tertiary/aromatic N) is 2. The van der Waals surface area contributed by atoms with E-state index in [9.17, 15) is 14.9 Å². The highest BCUT2D eigenvalue weighted by atomic mass is 32.2. The predicted molar refractivity (Wildman–Crippen MR) is 89.3 cm³/mol. The number of aromatic amines is 1. The molecular formula is C15H18N4O3S. The van der Waals surface area contributed by atoms with E-state index >= 15 is 0 Å². The summed E-state index contributed by atoms with van der Waals surface area (Å²) in [5.74, 6) is 0.209. The molecule has 2 rings (SSSR count). The van der Waals surface area contributed by atoms with Crippen molar-refractivity contribution in [1.29, 1.82) is 0 Å². The summed E-state index contributed by atoms with van der Waals surface area (Å²) >= 11 is 1.31. The van der Waals surface area contributed by atoms with Crippen molar-refractivity contribution in [2.24, 2.45) is 0 Å². The molecule has 0 aliphatic carbocycles. The normalized spacial score (nSPS) is 11.3. The second-order valence-electron chi connectivity index (χ2n) is 5.99. The largest absolute Gasteiger partial charge is 0.351 e. The molecule has 7 nitrogen and oxygen atoms in total. The Labute approximate surface area is 138 Å². The lowest BCUT2D eigenvalue weighted by Crippen LogP contribution is -2.41. The molecule has 1 aromatic heterocycles. The number of rotatable bonds is 5. The van der Waals surface area contributed by atoms with Gasteiger partial charge in [0.05, 0.1) is 22.6 Å². The lowest BCUT2D eigenvalue weighted by Gasteiger charge is -2.20. The van der Waals surface area contributed by atoms with E-state index < -0.39 is 4.92 Å². The molecule has 2 aromatic rings. The van der Waals surface area contributed by atoms with Crippen molar-refractivity contribution in [2.75, 3.05) is 5.75 Å². The number of non-ortho nitro benzene ring substituents is 1. The summed E-state index contributed by atoms with van der Waals surface area (Å²) in [7, 11) is 0. The van der Waals surface area contributed by atoms with Crippen LogP contribution in [0.15, 0.2) is 35.6 Å². The number of thioether (sulfide) groups is 1. The highest BCUT2D eigenvalue weighted by molar-refractivity contribution is 7.99. The van der Waals surface area contributed by atoms with Gasteiger partial charge >= 0.3 is 0 Å². The van der Waals surface area contributed by atoms with Crippen molar-refractivity contribution in [3.8, 4) is 11.3 Å². The van der Waals surface area contributed by atoms with Crippen molar-refractivity contribution in [3.05, 3.63) is 40.6 Å². The fourth-order valence-corrected chi connectivity index (χ4v) is 2.52. The van der Waals surface area contributed by atoms with Crippen molar-refractivity contribution in [2.45, 2.75) is 31.5 Å². The molecule has 0 atom stereocenters. The summed E-state index contributed by atoms with van der Waals surface area (Å²) in [4.78, 5) is 29.3. The molecule has 0 radical (unpaired) electrons. The third kappa shape index (κ3) is 5.10. The van der Waals surface area contributed by atoms with Gasteiger partial charge in [-0.2, -0.15) is 0 Å². The molecular weight excluding hydrogens is 316 g/mol. The van der Waals surface area contributed by atoms with Gasteiger partial charge in [-0.1, -0.05) is 11.8 Å². The van der Waals surface area contributed by atoms with E-state index in [1.807, 2.05) is 20.8 Å². The number of aromatic nitrogens is 2. The van der Waals surface area contributed by atoms with Crippen LogP contribution in [-0.2, 0) is 4.79 Å². The van der Waals surface area contributed by atoms with Gasteiger partial charge in [-0.15, -0.1) is 0 Å². The first-order chi connectivity index (χ1) is 10.7. The van der Waals surface area contributed by atoms with E-state index in [2.05, 4.69) is 15.3 Å². The Morgan fingerprint density at radius 1 is 1.35 bits per heavy atom. The van der Waals surface area contributed by atoms with E-state index in [1.165, 1.54) is 23.9 Å². The van der Waals surface area contributed by atoms with Crippen LogP contribution < -0.4 is 5.32 Å². The number of nitro benzene ring substituents is 1. The van der Waals surface area contributed by atoms with Crippen LogP contribution in [0.4, 0.5) is 5.69 Å². The van der Waals surface area contributed by atoms with Crippen molar-refractivity contribution < 1.29 is 9.72 Å². The zero-order valence-corrected chi connectivity index (χ0v) is 13.9. The van der Waals surface area contributed by atoms with Gasteiger partial charge in [0.15, 0.2) is 5.16 Å². The molecule has 0 aliphatic rings. The molecule has 8 heteroatoms. The second kappa shape index (κ2) is 6.82. The summed E-state index contributed by atoms with van der Waals surface area (Å²) in [6, 6.07) is 6.21. The summed E-state index contributed by atoms with van der Waals surface area (Å²) < 4.78 is 0. The number of hydrogen-bond donors (Lipinski definition) is 2. The lowest BCUT2D eigenvalue weighted by molar-refractivity contribution is -0.384. The summed E-state index contributed by atoms with van der Waals surface area (Å²) in [5.41, 5.74) is 1.33. The number of benzene rings is 1. The van der Waals surface area contributed by atoms with Gasteiger partial charge in [0, 0.05) is 23.2 Å². The summed E-state index contributed by atoms with van der Waals surface area (Å²) in [5, 5.41) is 14.2. The number of nitrogens with one attached hydrogen (secondary N) is 2. The minimum atomic E-state index is -0.439. The van der Waals surface area contributed by atoms with Crippen LogP contribution in [0.5, 0.6) is 0 Å². The maximum absolute atomic E-state index is 11.8. The predicted octanol–water partition coefficient (Wildman–Crippen LogP) is 2.99. The first-order valence-electron chi connectivity index (χ1n) is 6.98.